The fraction of sp³-hybridized carbons (Fsp3) is 0.400. The van der Waals surface area contributed by atoms with E-state index in [1.54, 1.807) is 6.07 Å². The van der Waals surface area contributed by atoms with Crippen molar-refractivity contribution in [3.05, 3.63) is 35.4 Å². The molecule has 2 aliphatic heterocycles. The lowest BCUT2D eigenvalue weighted by atomic mass is 10.0. The number of furan rings is 1. The van der Waals surface area contributed by atoms with Crippen LogP contribution < -0.4 is 11.1 Å². The maximum Gasteiger partial charge on any atom is 0.404 e. The Morgan fingerprint density at radius 3 is 2.63 bits per heavy atom. The summed E-state index contributed by atoms with van der Waals surface area (Å²) in [6.45, 7) is 0.425. The number of primary amides is 1. The number of esters is 2. The molecule has 15 heteroatoms. The summed E-state index contributed by atoms with van der Waals surface area (Å²) in [6.07, 6.45) is 0.288. The van der Waals surface area contributed by atoms with Gasteiger partial charge in [0.2, 0.25) is 5.71 Å². The molecule has 1 aromatic heterocycles. The molecule has 2 aliphatic rings. The molecule has 0 bridgehead atoms. The first-order chi connectivity index (χ1) is 16.7. The Morgan fingerprint density at radius 2 is 2.00 bits per heavy atom. The second-order valence-electron chi connectivity index (χ2n) is 7.00. The number of ether oxygens (including phenoxy) is 3. The first-order valence-electron chi connectivity index (χ1n) is 10.1. The molecule has 2 atom stereocenters. The molecule has 0 saturated carbocycles. The molecule has 0 radical (unpaired) electrons. The van der Waals surface area contributed by atoms with E-state index in [2.05, 4.69) is 10.5 Å². The topological polar surface area (TPSA) is 189 Å². The Hall–Kier alpha value is -4.01. The van der Waals surface area contributed by atoms with Gasteiger partial charge in [-0.25, -0.2) is 9.59 Å². The Kier molecular flexibility index (Phi) is 8.35. The van der Waals surface area contributed by atoms with Crippen LogP contribution in [0.4, 0.5) is 4.79 Å². The van der Waals surface area contributed by atoms with Crippen molar-refractivity contribution in [2.45, 2.75) is 18.3 Å². The van der Waals surface area contributed by atoms with E-state index in [9.17, 15) is 24.0 Å². The summed E-state index contributed by atoms with van der Waals surface area (Å²) in [7, 11) is 1.25. The van der Waals surface area contributed by atoms with E-state index in [0.29, 0.717) is 0 Å². The Morgan fingerprint density at radius 1 is 1.26 bits per heavy atom. The van der Waals surface area contributed by atoms with E-state index in [-0.39, 0.29) is 48.3 Å². The molecule has 0 aromatic carbocycles. The average molecular weight is 510 g/mol. The minimum atomic E-state index is -1.06. The monoisotopic (exact) mass is 510 g/mol. The van der Waals surface area contributed by atoms with Crippen LogP contribution in [0.3, 0.4) is 0 Å². The van der Waals surface area contributed by atoms with Crippen molar-refractivity contribution in [1.29, 1.82) is 0 Å². The Balaban J connectivity index is 1.75. The summed E-state index contributed by atoms with van der Waals surface area (Å²) in [4.78, 5) is 66.3. The minimum absolute atomic E-state index is 0.132. The summed E-state index contributed by atoms with van der Waals surface area (Å²) < 4.78 is 19.8. The minimum Gasteiger partial charge on any atom is -0.462 e. The van der Waals surface area contributed by atoms with E-state index in [1.165, 1.54) is 38.1 Å². The van der Waals surface area contributed by atoms with Crippen LogP contribution in [-0.2, 0) is 38.2 Å². The molecular formula is C20H22N4O10S. The highest BCUT2D eigenvalue weighted by molar-refractivity contribution is 8.00. The molecular weight excluding hydrogens is 488 g/mol. The van der Waals surface area contributed by atoms with Gasteiger partial charge in [0.15, 0.2) is 5.76 Å². The molecule has 3 amide bonds. The quantitative estimate of drug-likeness (QED) is 0.103. The second-order valence-corrected chi connectivity index (χ2v) is 8.10. The third kappa shape index (κ3) is 5.92. The maximum atomic E-state index is 13.0. The van der Waals surface area contributed by atoms with Gasteiger partial charge in [-0.15, -0.1) is 11.8 Å². The summed E-state index contributed by atoms with van der Waals surface area (Å²) in [5, 5.41) is 5.57. The predicted molar refractivity (Wildman–Crippen MR) is 117 cm³/mol. The molecule has 0 spiro atoms. The summed E-state index contributed by atoms with van der Waals surface area (Å²) in [5.74, 6) is -2.45. The number of nitrogens with one attached hydrogen (secondary N) is 1. The highest BCUT2D eigenvalue weighted by atomic mass is 32.2. The number of nitrogens with zero attached hydrogens (tertiary/aromatic N) is 2. The van der Waals surface area contributed by atoms with Crippen molar-refractivity contribution in [3.8, 4) is 0 Å². The van der Waals surface area contributed by atoms with Crippen LogP contribution in [0.5, 0.6) is 0 Å². The zero-order chi connectivity index (χ0) is 25.5. The highest BCUT2D eigenvalue weighted by Gasteiger charge is 2.54. The van der Waals surface area contributed by atoms with Gasteiger partial charge in [0.05, 0.1) is 6.26 Å². The van der Waals surface area contributed by atoms with Gasteiger partial charge in [0.25, 0.3) is 11.8 Å². The van der Waals surface area contributed by atoms with E-state index in [0.717, 1.165) is 4.90 Å². The molecule has 0 aliphatic carbocycles. The number of hydrogen-bond donors (Lipinski definition) is 2. The van der Waals surface area contributed by atoms with Gasteiger partial charge < -0.3 is 34.5 Å². The molecule has 188 valence electrons. The fourth-order valence-corrected chi connectivity index (χ4v) is 4.57. The van der Waals surface area contributed by atoms with E-state index in [4.69, 9.17) is 29.2 Å². The van der Waals surface area contributed by atoms with Crippen molar-refractivity contribution >= 4 is 47.3 Å². The maximum absolute atomic E-state index is 13.0. The van der Waals surface area contributed by atoms with Crippen molar-refractivity contribution in [2.75, 3.05) is 32.7 Å². The highest BCUT2D eigenvalue weighted by Crippen LogP contribution is 2.40. The van der Waals surface area contributed by atoms with Crippen LogP contribution >= 0.6 is 11.8 Å². The van der Waals surface area contributed by atoms with Crippen molar-refractivity contribution < 1.29 is 47.4 Å². The number of nitrogens with two attached hydrogens (primary N) is 1. The zero-order valence-corrected chi connectivity index (χ0v) is 19.5. The van der Waals surface area contributed by atoms with Crippen LogP contribution in [0.1, 0.15) is 12.7 Å². The van der Waals surface area contributed by atoms with E-state index >= 15 is 0 Å². The van der Waals surface area contributed by atoms with Gasteiger partial charge in [0, 0.05) is 18.2 Å². The van der Waals surface area contributed by atoms with Crippen LogP contribution in [0, 0.1) is 0 Å². The summed E-state index contributed by atoms with van der Waals surface area (Å²) in [6, 6.07) is 2.06. The van der Waals surface area contributed by atoms with Gasteiger partial charge in [-0.05, 0) is 12.1 Å². The predicted octanol–water partition coefficient (Wildman–Crippen LogP) is -0.514. The van der Waals surface area contributed by atoms with Crippen molar-refractivity contribution in [3.63, 3.8) is 0 Å². The van der Waals surface area contributed by atoms with E-state index in [1.807, 2.05) is 0 Å². The molecule has 1 unspecified atom stereocenters. The zero-order valence-electron chi connectivity index (χ0n) is 18.7. The summed E-state index contributed by atoms with van der Waals surface area (Å²) >= 11 is 1.23. The van der Waals surface area contributed by atoms with Crippen molar-refractivity contribution in [1.82, 2.24) is 10.2 Å². The fourth-order valence-electron chi connectivity index (χ4n) is 3.24. The van der Waals surface area contributed by atoms with Crippen LogP contribution in [0.25, 0.3) is 0 Å². The molecule has 35 heavy (non-hydrogen) atoms. The molecule has 14 nitrogen and oxygen atoms in total. The number of thioether (sulfide) groups is 1. The third-order valence-corrected chi connectivity index (χ3v) is 6.03. The SMILES string of the molecule is CO/N=C(\C(=O)NC1C(=O)N2C(C(=O)OCCOC(C)=O)=C(COC(N)=O)CS[C@H]12)c1ccco1. The normalized spacial score (nSPS) is 19.3. The lowest BCUT2D eigenvalue weighted by Crippen LogP contribution is -2.71. The first kappa shape index (κ1) is 25.6. The number of amides is 3. The number of carbonyl (C=O) groups excluding carboxylic acids is 5. The molecule has 1 aromatic rings. The lowest BCUT2D eigenvalue weighted by Gasteiger charge is -2.49. The van der Waals surface area contributed by atoms with Crippen LogP contribution in [-0.4, -0.2) is 84.6 Å². The van der Waals surface area contributed by atoms with Gasteiger partial charge in [0.1, 0.15) is 44.0 Å². The van der Waals surface area contributed by atoms with Crippen LogP contribution in [0.2, 0.25) is 0 Å². The van der Waals surface area contributed by atoms with E-state index < -0.39 is 41.3 Å². The van der Waals surface area contributed by atoms with Crippen molar-refractivity contribution in [2.24, 2.45) is 10.9 Å². The number of hydrogen-bond acceptors (Lipinski definition) is 12. The second kappa shape index (κ2) is 11.4. The smallest absolute Gasteiger partial charge is 0.404 e. The largest absolute Gasteiger partial charge is 0.462 e. The molecule has 3 N–H and O–H groups in total. The lowest BCUT2D eigenvalue weighted by molar-refractivity contribution is -0.154. The van der Waals surface area contributed by atoms with Gasteiger partial charge in [-0.1, -0.05) is 5.16 Å². The number of carbonyl (C=O) groups is 5. The van der Waals surface area contributed by atoms with Gasteiger partial charge in [-0.3, -0.25) is 19.3 Å². The molecule has 1 fully saturated rings. The Bertz CT molecular complexity index is 1070. The number of rotatable bonds is 10. The average Bonchev–Trinajstić information content (AvgIpc) is 3.35. The number of oxime groups is 1. The first-order valence-corrected chi connectivity index (χ1v) is 11.1. The summed E-state index contributed by atoms with van der Waals surface area (Å²) in [5.41, 5.74) is 4.99. The molecule has 1 saturated heterocycles. The van der Waals surface area contributed by atoms with Gasteiger partial charge in [-0.2, -0.15) is 0 Å². The van der Waals surface area contributed by atoms with Crippen LogP contribution in [0.15, 0.2) is 39.2 Å². The molecule has 3 heterocycles. The molecule has 3 rings (SSSR count). The third-order valence-electron chi connectivity index (χ3n) is 4.69. The standard InChI is InChI=1S/C20H22N4O10S/c1-10(25)31-6-7-33-19(28)15-11(8-34-20(21)29)9-35-18-14(17(27)24(15)18)22-16(26)13(23-30-2)12-4-3-5-32-12/h3-5,14,18H,6-9H2,1-2H3,(H2,21,29)(H,22,26)/b23-13-/t14?,18-/m1/s1. The number of fused-ring (bicyclic) bond motifs is 1. The van der Waals surface area contributed by atoms with Gasteiger partial charge >= 0.3 is 18.0 Å². The Labute approximate surface area is 202 Å². The number of β-lactam (4-membered cyclic amide) rings is 1.